The van der Waals surface area contributed by atoms with Crippen molar-refractivity contribution in [2.75, 3.05) is 17.2 Å². The van der Waals surface area contributed by atoms with Crippen LogP contribution in [-0.4, -0.2) is 26.0 Å². The Balaban J connectivity index is 2.03. The molecule has 0 bridgehead atoms. The van der Waals surface area contributed by atoms with E-state index in [1.165, 1.54) is 11.5 Å². The van der Waals surface area contributed by atoms with Crippen molar-refractivity contribution >= 4 is 39.6 Å². The molecule has 1 saturated heterocycles. The highest BCUT2D eigenvalue weighted by Gasteiger charge is 2.21. The van der Waals surface area contributed by atoms with Crippen molar-refractivity contribution in [1.29, 1.82) is 0 Å². The Labute approximate surface area is 121 Å². The maximum Gasteiger partial charge on any atom is 0.201 e. The summed E-state index contributed by atoms with van der Waals surface area (Å²) in [6, 6.07) is 8.68. The molecule has 2 aromatic heterocycles. The van der Waals surface area contributed by atoms with Crippen LogP contribution in [0.5, 0.6) is 0 Å². The van der Waals surface area contributed by atoms with Gasteiger partial charge in [0.15, 0.2) is 0 Å². The van der Waals surface area contributed by atoms with Gasteiger partial charge < -0.3 is 10.3 Å². The fourth-order valence-corrected chi connectivity index (χ4v) is 4.14. The molecule has 2 N–H and O–H groups in total. The maximum absolute atomic E-state index is 6.19. The normalized spacial score (nSPS) is 17.0. The van der Waals surface area contributed by atoms with Crippen molar-refractivity contribution in [3.63, 3.8) is 0 Å². The van der Waals surface area contributed by atoms with Crippen molar-refractivity contribution in [3.8, 4) is 0 Å². The molecular weight excluding hydrogens is 268 g/mol. The van der Waals surface area contributed by atoms with Gasteiger partial charge in [0.1, 0.15) is 5.52 Å². The Morgan fingerprint density at radius 2 is 1.95 bits per heavy atom. The van der Waals surface area contributed by atoms with Gasteiger partial charge in [0, 0.05) is 11.4 Å². The van der Waals surface area contributed by atoms with Gasteiger partial charge in [0.05, 0.1) is 17.2 Å². The lowest BCUT2D eigenvalue weighted by Gasteiger charge is -2.24. The molecule has 0 spiro atoms. The molecule has 3 aromatic rings. The number of fused-ring (bicyclic) bond motifs is 3. The van der Waals surface area contributed by atoms with Gasteiger partial charge in [-0.25, -0.2) is 4.98 Å². The van der Waals surface area contributed by atoms with Crippen LogP contribution in [-0.2, 0) is 0 Å². The second-order valence-corrected chi connectivity index (χ2v) is 6.42. The first-order valence-electron chi connectivity index (χ1n) is 6.93. The monoisotopic (exact) mass is 284 g/mol. The van der Waals surface area contributed by atoms with Gasteiger partial charge in [-0.05, 0) is 30.4 Å². The number of imidazole rings is 1. The lowest BCUT2D eigenvalue weighted by molar-refractivity contribution is 0.487. The van der Waals surface area contributed by atoms with Crippen LogP contribution < -0.4 is 5.73 Å². The number of anilines is 1. The highest BCUT2D eigenvalue weighted by Crippen LogP contribution is 2.34. The van der Waals surface area contributed by atoms with Crippen LogP contribution >= 0.6 is 11.8 Å². The summed E-state index contributed by atoms with van der Waals surface area (Å²) in [6.07, 6.45) is 4.16. The van der Waals surface area contributed by atoms with E-state index in [-0.39, 0.29) is 0 Å². The molecule has 0 aliphatic carbocycles. The van der Waals surface area contributed by atoms with Gasteiger partial charge in [-0.15, -0.1) is 0 Å². The standard InChI is InChI=1S/C15H16N4S/c16-15-18-13-9-17-12-4-2-1-3-11(12)14(13)19(15)10-5-7-20-8-6-10/h1-4,9-10H,5-8H2,(H2,16,18). The molecular formula is C15H16N4S. The van der Waals surface area contributed by atoms with Gasteiger partial charge in [-0.1, -0.05) is 18.2 Å². The summed E-state index contributed by atoms with van der Waals surface area (Å²) in [7, 11) is 0. The van der Waals surface area contributed by atoms with Crippen LogP contribution in [0.4, 0.5) is 5.95 Å². The summed E-state index contributed by atoms with van der Waals surface area (Å²) in [5.74, 6) is 3.02. The Kier molecular flexibility index (Phi) is 2.80. The Morgan fingerprint density at radius 1 is 1.15 bits per heavy atom. The van der Waals surface area contributed by atoms with Crippen LogP contribution in [0.2, 0.25) is 0 Å². The summed E-state index contributed by atoms with van der Waals surface area (Å²) in [5.41, 5.74) is 9.24. The van der Waals surface area contributed by atoms with E-state index in [0.29, 0.717) is 12.0 Å². The average Bonchev–Trinajstić information content (AvgIpc) is 2.84. The molecule has 4 rings (SSSR count). The SMILES string of the molecule is Nc1nc2cnc3ccccc3c2n1C1CCSCC1. The molecule has 1 fully saturated rings. The molecule has 0 radical (unpaired) electrons. The molecule has 5 heteroatoms. The molecule has 1 aromatic carbocycles. The van der Waals surface area contributed by atoms with Crippen molar-refractivity contribution < 1.29 is 0 Å². The van der Waals surface area contributed by atoms with E-state index in [1.54, 1.807) is 0 Å². The quantitative estimate of drug-likeness (QED) is 0.745. The number of nitrogens with two attached hydrogens (primary N) is 1. The number of hydrogen-bond acceptors (Lipinski definition) is 4. The van der Waals surface area contributed by atoms with E-state index >= 15 is 0 Å². The number of hydrogen-bond donors (Lipinski definition) is 1. The van der Waals surface area contributed by atoms with Crippen molar-refractivity contribution in [3.05, 3.63) is 30.5 Å². The van der Waals surface area contributed by atoms with E-state index < -0.39 is 0 Å². The van der Waals surface area contributed by atoms with Gasteiger partial charge in [0.25, 0.3) is 0 Å². The van der Waals surface area contributed by atoms with Crippen LogP contribution in [0.3, 0.4) is 0 Å². The summed E-state index contributed by atoms with van der Waals surface area (Å²) in [5, 5.41) is 1.15. The molecule has 4 nitrogen and oxygen atoms in total. The second kappa shape index (κ2) is 4.66. The fourth-order valence-electron chi connectivity index (χ4n) is 3.06. The molecule has 0 unspecified atom stereocenters. The van der Waals surface area contributed by atoms with Gasteiger partial charge in [0.2, 0.25) is 5.95 Å². The summed E-state index contributed by atoms with van der Waals surface area (Å²) >= 11 is 2.02. The van der Waals surface area contributed by atoms with Crippen molar-refractivity contribution in [2.45, 2.75) is 18.9 Å². The largest absolute Gasteiger partial charge is 0.369 e. The van der Waals surface area contributed by atoms with Gasteiger partial charge >= 0.3 is 0 Å². The van der Waals surface area contributed by atoms with Crippen LogP contribution in [0.15, 0.2) is 30.5 Å². The molecule has 1 aliphatic heterocycles. The first-order valence-corrected chi connectivity index (χ1v) is 8.09. The number of benzene rings is 1. The first-order chi connectivity index (χ1) is 9.84. The van der Waals surface area contributed by atoms with E-state index in [1.807, 2.05) is 36.2 Å². The Bertz CT molecular complexity index is 774. The molecule has 1 aliphatic rings. The van der Waals surface area contributed by atoms with Gasteiger partial charge in [-0.2, -0.15) is 11.8 Å². The number of thioether (sulfide) groups is 1. The lowest BCUT2D eigenvalue weighted by atomic mass is 10.1. The summed E-state index contributed by atoms with van der Waals surface area (Å²) < 4.78 is 2.24. The number of nitrogens with zero attached hydrogens (tertiary/aromatic N) is 3. The van der Waals surface area contributed by atoms with Crippen LogP contribution in [0.25, 0.3) is 21.9 Å². The highest BCUT2D eigenvalue weighted by molar-refractivity contribution is 7.99. The fraction of sp³-hybridized carbons (Fsp3) is 0.333. The van der Waals surface area contributed by atoms with E-state index in [0.717, 1.165) is 34.8 Å². The van der Waals surface area contributed by atoms with E-state index in [2.05, 4.69) is 20.6 Å². The summed E-state index contributed by atoms with van der Waals surface area (Å²) in [4.78, 5) is 8.98. The minimum atomic E-state index is 0.465. The maximum atomic E-state index is 6.19. The smallest absolute Gasteiger partial charge is 0.201 e. The number of pyridine rings is 1. The third-order valence-corrected chi connectivity index (χ3v) is 5.06. The van der Waals surface area contributed by atoms with Crippen molar-refractivity contribution in [1.82, 2.24) is 14.5 Å². The minimum Gasteiger partial charge on any atom is -0.369 e. The Hall–Kier alpha value is -1.75. The zero-order valence-electron chi connectivity index (χ0n) is 11.1. The predicted octanol–water partition coefficient (Wildman–Crippen LogP) is 3.23. The number of aromatic nitrogens is 3. The minimum absolute atomic E-state index is 0.465. The molecule has 0 amide bonds. The van der Waals surface area contributed by atoms with Crippen molar-refractivity contribution in [2.24, 2.45) is 0 Å². The summed E-state index contributed by atoms with van der Waals surface area (Å²) in [6.45, 7) is 0. The molecule has 20 heavy (non-hydrogen) atoms. The average molecular weight is 284 g/mol. The first kappa shape index (κ1) is 12.0. The topological polar surface area (TPSA) is 56.7 Å². The van der Waals surface area contributed by atoms with Crippen LogP contribution in [0, 0.1) is 0 Å². The second-order valence-electron chi connectivity index (χ2n) is 5.19. The Morgan fingerprint density at radius 3 is 2.80 bits per heavy atom. The zero-order chi connectivity index (χ0) is 13.5. The van der Waals surface area contributed by atoms with E-state index in [9.17, 15) is 0 Å². The number of para-hydroxylation sites is 1. The number of nitrogen functional groups attached to an aromatic ring is 1. The third kappa shape index (κ3) is 1.77. The molecule has 102 valence electrons. The predicted molar refractivity (Wildman–Crippen MR) is 85.0 cm³/mol. The number of rotatable bonds is 1. The van der Waals surface area contributed by atoms with Gasteiger partial charge in [-0.3, -0.25) is 4.98 Å². The lowest BCUT2D eigenvalue weighted by Crippen LogP contribution is -2.17. The molecule has 0 saturated carbocycles. The molecule has 3 heterocycles. The molecule has 0 atom stereocenters. The third-order valence-electron chi connectivity index (χ3n) is 4.01. The zero-order valence-corrected chi connectivity index (χ0v) is 11.9. The van der Waals surface area contributed by atoms with Crippen LogP contribution in [0.1, 0.15) is 18.9 Å². The van der Waals surface area contributed by atoms with E-state index in [4.69, 9.17) is 5.73 Å². The highest BCUT2D eigenvalue weighted by atomic mass is 32.2.